The van der Waals surface area contributed by atoms with Gasteiger partial charge >= 0.3 is 0 Å². The molecule has 0 spiro atoms. The van der Waals surface area contributed by atoms with Crippen LogP contribution in [-0.4, -0.2) is 19.3 Å². The van der Waals surface area contributed by atoms with Crippen LogP contribution >= 0.6 is 11.6 Å². The van der Waals surface area contributed by atoms with E-state index in [9.17, 15) is 0 Å². The lowest BCUT2D eigenvalue weighted by Gasteiger charge is -2.06. The van der Waals surface area contributed by atoms with Gasteiger partial charge in [-0.05, 0) is 35.4 Å². The maximum absolute atomic E-state index is 5.87. The Balaban J connectivity index is 1.71. The standard InChI is InChI=1S/C15H13ClO2/c16-13-5-1-11(2-6-13)12-3-7-14(8-4-12)17-9-15-10-18-15/h1-8,15H,9-10H2. The highest BCUT2D eigenvalue weighted by Gasteiger charge is 2.22. The minimum atomic E-state index is 0.293. The van der Waals surface area contributed by atoms with Crippen LogP contribution in [0.25, 0.3) is 11.1 Å². The lowest BCUT2D eigenvalue weighted by atomic mass is 10.1. The molecule has 1 heterocycles. The quantitative estimate of drug-likeness (QED) is 0.781. The van der Waals surface area contributed by atoms with Crippen LogP contribution in [0.3, 0.4) is 0 Å². The molecule has 1 saturated heterocycles. The molecule has 1 unspecified atom stereocenters. The summed E-state index contributed by atoms with van der Waals surface area (Å²) in [4.78, 5) is 0. The van der Waals surface area contributed by atoms with Crippen LogP contribution in [0.1, 0.15) is 0 Å². The Morgan fingerprint density at radius 3 is 2.11 bits per heavy atom. The van der Waals surface area contributed by atoms with E-state index < -0.39 is 0 Å². The van der Waals surface area contributed by atoms with E-state index in [2.05, 4.69) is 0 Å². The summed E-state index contributed by atoms with van der Waals surface area (Å²) in [6, 6.07) is 15.9. The zero-order valence-corrected chi connectivity index (χ0v) is 10.6. The molecule has 1 aliphatic rings. The van der Waals surface area contributed by atoms with Crippen molar-refractivity contribution in [2.24, 2.45) is 0 Å². The third-order valence-electron chi connectivity index (χ3n) is 2.87. The molecule has 2 nitrogen and oxygen atoms in total. The Bertz CT molecular complexity index is 515. The van der Waals surface area contributed by atoms with E-state index in [1.54, 1.807) is 0 Å². The van der Waals surface area contributed by atoms with Crippen molar-refractivity contribution in [3.63, 3.8) is 0 Å². The molecule has 0 saturated carbocycles. The molecule has 0 aromatic heterocycles. The molecule has 1 fully saturated rings. The van der Waals surface area contributed by atoms with Gasteiger partial charge in [-0.3, -0.25) is 0 Å². The smallest absolute Gasteiger partial charge is 0.119 e. The topological polar surface area (TPSA) is 21.8 Å². The molecule has 0 amide bonds. The molecule has 0 N–H and O–H groups in total. The second kappa shape index (κ2) is 5.01. The third kappa shape index (κ3) is 2.84. The number of benzene rings is 2. The Morgan fingerprint density at radius 2 is 1.56 bits per heavy atom. The molecule has 0 radical (unpaired) electrons. The number of hydrogen-bond donors (Lipinski definition) is 0. The van der Waals surface area contributed by atoms with Gasteiger partial charge in [0.15, 0.2) is 0 Å². The minimum Gasteiger partial charge on any atom is -0.491 e. The summed E-state index contributed by atoms with van der Waals surface area (Å²) in [7, 11) is 0. The summed E-state index contributed by atoms with van der Waals surface area (Å²) in [5, 5.41) is 0.753. The summed E-state index contributed by atoms with van der Waals surface area (Å²) in [6.45, 7) is 1.46. The second-order valence-corrected chi connectivity index (χ2v) is 4.73. The first-order chi connectivity index (χ1) is 8.81. The fourth-order valence-corrected chi connectivity index (χ4v) is 1.87. The molecule has 3 heteroatoms. The Morgan fingerprint density at radius 1 is 1.00 bits per heavy atom. The lowest BCUT2D eigenvalue weighted by Crippen LogP contribution is -2.03. The van der Waals surface area contributed by atoms with E-state index in [1.165, 1.54) is 0 Å². The molecule has 2 aromatic carbocycles. The van der Waals surface area contributed by atoms with Crippen LogP contribution in [0.5, 0.6) is 5.75 Å². The van der Waals surface area contributed by atoms with Gasteiger partial charge in [-0.15, -0.1) is 0 Å². The lowest BCUT2D eigenvalue weighted by molar-refractivity contribution is 0.263. The number of rotatable bonds is 4. The van der Waals surface area contributed by atoms with E-state index in [0.29, 0.717) is 12.7 Å². The van der Waals surface area contributed by atoms with E-state index in [0.717, 1.165) is 28.5 Å². The predicted octanol–water partition coefficient (Wildman–Crippen LogP) is 3.78. The molecule has 18 heavy (non-hydrogen) atoms. The van der Waals surface area contributed by atoms with Gasteiger partial charge in [-0.2, -0.15) is 0 Å². The molecule has 1 atom stereocenters. The van der Waals surface area contributed by atoms with E-state index >= 15 is 0 Å². The largest absolute Gasteiger partial charge is 0.491 e. The van der Waals surface area contributed by atoms with Crippen LogP contribution in [0.15, 0.2) is 48.5 Å². The van der Waals surface area contributed by atoms with Gasteiger partial charge in [-0.25, -0.2) is 0 Å². The Hall–Kier alpha value is -1.51. The van der Waals surface area contributed by atoms with Crippen molar-refractivity contribution in [2.45, 2.75) is 6.10 Å². The minimum absolute atomic E-state index is 0.293. The molecule has 1 aliphatic heterocycles. The maximum atomic E-state index is 5.87. The number of ether oxygens (including phenoxy) is 2. The first kappa shape index (κ1) is 11.6. The van der Waals surface area contributed by atoms with Crippen molar-refractivity contribution < 1.29 is 9.47 Å². The zero-order valence-electron chi connectivity index (χ0n) is 9.80. The van der Waals surface area contributed by atoms with Gasteiger partial charge in [0.1, 0.15) is 18.5 Å². The summed E-state index contributed by atoms with van der Waals surface area (Å²) < 4.78 is 10.7. The van der Waals surface area contributed by atoms with E-state index in [-0.39, 0.29) is 0 Å². The van der Waals surface area contributed by atoms with Crippen molar-refractivity contribution in [1.29, 1.82) is 0 Å². The average molecular weight is 261 g/mol. The normalized spacial score (nSPS) is 17.5. The molecule has 2 aromatic rings. The second-order valence-electron chi connectivity index (χ2n) is 4.30. The van der Waals surface area contributed by atoms with Gasteiger partial charge in [0.05, 0.1) is 6.61 Å². The first-order valence-electron chi connectivity index (χ1n) is 5.92. The van der Waals surface area contributed by atoms with Gasteiger partial charge in [0.25, 0.3) is 0 Å². The van der Waals surface area contributed by atoms with Gasteiger partial charge in [-0.1, -0.05) is 35.9 Å². The zero-order chi connectivity index (χ0) is 12.4. The van der Waals surface area contributed by atoms with Crippen LogP contribution in [0, 0.1) is 0 Å². The SMILES string of the molecule is Clc1ccc(-c2ccc(OCC3CO3)cc2)cc1. The summed E-state index contributed by atoms with van der Waals surface area (Å²) in [5.41, 5.74) is 2.30. The van der Waals surface area contributed by atoms with Crippen LogP contribution in [0.4, 0.5) is 0 Å². The van der Waals surface area contributed by atoms with Crippen LogP contribution in [0.2, 0.25) is 5.02 Å². The first-order valence-corrected chi connectivity index (χ1v) is 6.29. The van der Waals surface area contributed by atoms with E-state index in [1.807, 2.05) is 48.5 Å². The molecule has 0 aliphatic carbocycles. The molecular weight excluding hydrogens is 248 g/mol. The number of hydrogen-bond acceptors (Lipinski definition) is 2. The summed E-state index contributed by atoms with van der Waals surface area (Å²) >= 11 is 5.87. The molecule has 0 bridgehead atoms. The van der Waals surface area contributed by atoms with Crippen molar-refractivity contribution in [3.8, 4) is 16.9 Å². The van der Waals surface area contributed by atoms with Crippen molar-refractivity contribution >= 4 is 11.6 Å². The van der Waals surface area contributed by atoms with Crippen molar-refractivity contribution in [3.05, 3.63) is 53.6 Å². The van der Waals surface area contributed by atoms with Gasteiger partial charge in [0, 0.05) is 5.02 Å². The molecule has 92 valence electrons. The fourth-order valence-electron chi connectivity index (χ4n) is 1.74. The van der Waals surface area contributed by atoms with Crippen molar-refractivity contribution in [2.75, 3.05) is 13.2 Å². The van der Waals surface area contributed by atoms with E-state index in [4.69, 9.17) is 21.1 Å². The maximum Gasteiger partial charge on any atom is 0.119 e. The third-order valence-corrected chi connectivity index (χ3v) is 3.12. The van der Waals surface area contributed by atoms with Crippen LogP contribution < -0.4 is 4.74 Å². The predicted molar refractivity (Wildman–Crippen MR) is 72.1 cm³/mol. The average Bonchev–Trinajstić information content (AvgIpc) is 3.22. The Labute approximate surface area is 111 Å². The Kier molecular flexibility index (Phi) is 3.22. The highest BCUT2D eigenvalue weighted by Crippen LogP contribution is 2.24. The molecule has 3 rings (SSSR count). The highest BCUT2D eigenvalue weighted by atomic mass is 35.5. The van der Waals surface area contributed by atoms with Crippen LogP contribution in [-0.2, 0) is 4.74 Å². The highest BCUT2D eigenvalue weighted by molar-refractivity contribution is 6.30. The van der Waals surface area contributed by atoms with Gasteiger partial charge < -0.3 is 9.47 Å². The summed E-state index contributed by atoms with van der Waals surface area (Å²) in [5.74, 6) is 0.878. The number of halogens is 1. The molecular formula is C15H13ClO2. The van der Waals surface area contributed by atoms with Crippen molar-refractivity contribution in [1.82, 2.24) is 0 Å². The number of epoxide rings is 1. The monoisotopic (exact) mass is 260 g/mol. The summed E-state index contributed by atoms with van der Waals surface area (Å²) in [6.07, 6.45) is 0.293. The fraction of sp³-hybridized carbons (Fsp3) is 0.200. The van der Waals surface area contributed by atoms with Gasteiger partial charge in [0.2, 0.25) is 0 Å².